The lowest BCUT2D eigenvalue weighted by atomic mass is 10.2. The van der Waals surface area contributed by atoms with E-state index in [1.807, 2.05) is 37.3 Å². The summed E-state index contributed by atoms with van der Waals surface area (Å²) in [5.74, 6) is 0.617. The summed E-state index contributed by atoms with van der Waals surface area (Å²) in [6.07, 6.45) is -0.253. The molecule has 0 unspecified atom stereocenters. The summed E-state index contributed by atoms with van der Waals surface area (Å²) in [5.41, 5.74) is 1.47. The van der Waals surface area contributed by atoms with Gasteiger partial charge in [-0.1, -0.05) is 30.3 Å². The van der Waals surface area contributed by atoms with Crippen LogP contribution in [-0.4, -0.2) is 44.6 Å². The maximum atomic E-state index is 12.5. The first-order valence-corrected chi connectivity index (χ1v) is 8.93. The molecule has 2 rings (SSSR count). The van der Waals surface area contributed by atoms with Gasteiger partial charge in [-0.3, -0.25) is 9.59 Å². The number of carbonyl (C=O) groups is 2. The number of amides is 2. The average Bonchev–Trinajstić information content (AvgIpc) is 2.71. The largest absolute Gasteiger partial charge is 0.493 e. The molecule has 0 heterocycles. The van der Waals surface area contributed by atoms with Gasteiger partial charge in [-0.05, 0) is 12.5 Å². The third kappa shape index (κ3) is 5.39. The minimum absolute atomic E-state index is 0.240. The fourth-order valence-electron chi connectivity index (χ4n) is 2.79. The lowest BCUT2D eigenvalue weighted by molar-refractivity contribution is -0.134. The van der Waals surface area contributed by atoms with Gasteiger partial charge in [-0.2, -0.15) is 0 Å². The van der Waals surface area contributed by atoms with E-state index in [4.69, 9.17) is 14.2 Å². The fourth-order valence-corrected chi connectivity index (χ4v) is 2.79. The minimum atomic E-state index is -0.411. The molecule has 0 aliphatic carbocycles. The monoisotopic (exact) mass is 386 g/mol. The molecule has 150 valence electrons. The third-order valence-electron chi connectivity index (χ3n) is 4.21. The van der Waals surface area contributed by atoms with Crippen molar-refractivity contribution in [2.75, 3.05) is 33.2 Å². The van der Waals surface area contributed by atoms with Gasteiger partial charge in [-0.15, -0.1) is 0 Å². The highest BCUT2D eigenvalue weighted by Crippen LogP contribution is 2.39. The highest BCUT2D eigenvalue weighted by Gasteiger charge is 2.18. The maximum absolute atomic E-state index is 12.5. The van der Waals surface area contributed by atoms with Crippen molar-refractivity contribution in [1.82, 2.24) is 4.90 Å². The zero-order chi connectivity index (χ0) is 20.5. The van der Waals surface area contributed by atoms with E-state index in [0.29, 0.717) is 36.0 Å². The molecular weight excluding hydrogens is 360 g/mol. The van der Waals surface area contributed by atoms with Crippen LogP contribution in [0.1, 0.15) is 18.9 Å². The Morgan fingerprint density at radius 2 is 1.57 bits per heavy atom. The number of nitrogens with one attached hydrogen (secondary N) is 1. The number of carbonyl (C=O) groups excluding carboxylic acids is 2. The topological polar surface area (TPSA) is 77.1 Å². The van der Waals surface area contributed by atoms with Crippen LogP contribution in [0.3, 0.4) is 0 Å². The highest BCUT2D eigenvalue weighted by molar-refractivity contribution is 6.03. The zero-order valence-corrected chi connectivity index (χ0v) is 16.7. The second kappa shape index (κ2) is 10.2. The number of benzene rings is 2. The summed E-state index contributed by atoms with van der Waals surface area (Å²) in [4.78, 5) is 26.5. The van der Waals surface area contributed by atoms with E-state index in [2.05, 4.69) is 5.32 Å². The van der Waals surface area contributed by atoms with Crippen LogP contribution in [0.15, 0.2) is 42.5 Å². The Balaban J connectivity index is 2.05. The van der Waals surface area contributed by atoms with E-state index in [-0.39, 0.29) is 12.3 Å². The van der Waals surface area contributed by atoms with E-state index < -0.39 is 5.91 Å². The molecule has 0 spiro atoms. The molecule has 2 aromatic carbocycles. The van der Waals surface area contributed by atoms with Crippen molar-refractivity contribution in [2.45, 2.75) is 19.9 Å². The summed E-state index contributed by atoms with van der Waals surface area (Å²) in [7, 11) is 4.49. The Morgan fingerprint density at radius 3 is 2.07 bits per heavy atom. The number of hydrogen-bond acceptors (Lipinski definition) is 5. The van der Waals surface area contributed by atoms with E-state index in [1.165, 1.54) is 21.3 Å². The summed E-state index contributed by atoms with van der Waals surface area (Å²) >= 11 is 0. The Bertz CT molecular complexity index is 783. The standard InChI is InChI=1S/C21H26N2O5/c1-5-23(14-15-9-7-6-8-10-15)20(25)13-19(24)22-16-11-17(26-2)21(28-4)18(12-16)27-3/h6-12H,5,13-14H2,1-4H3,(H,22,24). The van der Waals surface area contributed by atoms with Crippen LogP contribution in [0.5, 0.6) is 17.2 Å². The van der Waals surface area contributed by atoms with Crippen molar-refractivity contribution < 1.29 is 23.8 Å². The Hall–Kier alpha value is -3.22. The Kier molecular flexibility index (Phi) is 7.68. The Labute approximate surface area is 165 Å². The Morgan fingerprint density at radius 1 is 0.964 bits per heavy atom. The lowest BCUT2D eigenvalue weighted by Crippen LogP contribution is -2.33. The predicted molar refractivity (Wildman–Crippen MR) is 107 cm³/mol. The van der Waals surface area contributed by atoms with Gasteiger partial charge in [0, 0.05) is 30.9 Å². The minimum Gasteiger partial charge on any atom is -0.493 e. The van der Waals surface area contributed by atoms with Crippen molar-refractivity contribution in [2.24, 2.45) is 0 Å². The molecule has 0 aromatic heterocycles. The van der Waals surface area contributed by atoms with E-state index in [1.54, 1.807) is 17.0 Å². The molecule has 0 aliphatic rings. The summed E-state index contributed by atoms with van der Waals surface area (Å²) in [5, 5.41) is 2.71. The van der Waals surface area contributed by atoms with Gasteiger partial charge in [0.25, 0.3) is 0 Å². The number of rotatable bonds is 9. The van der Waals surface area contributed by atoms with Gasteiger partial charge < -0.3 is 24.4 Å². The molecule has 0 bridgehead atoms. The van der Waals surface area contributed by atoms with Crippen LogP contribution >= 0.6 is 0 Å². The van der Waals surface area contributed by atoms with E-state index in [9.17, 15) is 9.59 Å². The number of ether oxygens (including phenoxy) is 3. The smallest absolute Gasteiger partial charge is 0.233 e. The zero-order valence-electron chi connectivity index (χ0n) is 16.7. The lowest BCUT2D eigenvalue weighted by Gasteiger charge is -2.21. The fraction of sp³-hybridized carbons (Fsp3) is 0.333. The molecule has 0 aliphatic heterocycles. The van der Waals surface area contributed by atoms with Crippen LogP contribution in [-0.2, 0) is 16.1 Å². The molecule has 0 radical (unpaired) electrons. The van der Waals surface area contributed by atoms with Crippen LogP contribution < -0.4 is 19.5 Å². The molecule has 1 N–H and O–H groups in total. The summed E-state index contributed by atoms with van der Waals surface area (Å²) < 4.78 is 15.8. The van der Waals surface area contributed by atoms with Crippen LogP contribution in [0.25, 0.3) is 0 Å². The number of anilines is 1. The first-order valence-electron chi connectivity index (χ1n) is 8.93. The molecule has 7 heteroatoms. The third-order valence-corrected chi connectivity index (χ3v) is 4.21. The number of hydrogen-bond donors (Lipinski definition) is 1. The van der Waals surface area contributed by atoms with E-state index >= 15 is 0 Å². The quantitative estimate of drug-likeness (QED) is 0.670. The van der Waals surface area contributed by atoms with Crippen molar-refractivity contribution >= 4 is 17.5 Å². The van der Waals surface area contributed by atoms with Crippen LogP contribution in [0, 0.1) is 0 Å². The maximum Gasteiger partial charge on any atom is 0.233 e. The van der Waals surface area contributed by atoms with Gasteiger partial charge in [0.2, 0.25) is 17.6 Å². The molecule has 0 saturated heterocycles. The first kappa shape index (κ1) is 21.1. The summed E-state index contributed by atoms with van der Waals surface area (Å²) in [6.45, 7) is 2.87. The molecule has 0 atom stereocenters. The predicted octanol–water partition coefficient (Wildman–Crippen LogP) is 3.09. The molecule has 0 saturated carbocycles. The first-order chi connectivity index (χ1) is 13.5. The highest BCUT2D eigenvalue weighted by atomic mass is 16.5. The molecule has 7 nitrogen and oxygen atoms in total. The van der Waals surface area contributed by atoms with Gasteiger partial charge in [0.05, 0.1) is 21.3 Å². The number of nitrogens with zero attached hydrogens (tertiary/aromatic N) is 1. The van der Waals surface area contributed by atoms with Gasteiger partial charge in [0.1, 0.15) is 6.42 Å². The van der Waals surface area contributed by atoms with Crippen LogP contribution in [0.4, 0.5) is 5.69 Å². The normalized spacial score (nSPS) is 10.1. The SMILES string of the molecule is CCN(Cc1ccccc1)C(=O)CC(=O)Nc1cc(OC)c(OC)c(OC)c1. The molecule has 2 aromatic rings. The van der Waals surface area contributed by atoms with Crippen molar-refractivity contribution in [3.05, 3.63) is 48.0 Å². The van der Waals surface area contributed by atoms with Crippen LogP contribution in [0.2, 0.25) is 0 Å². The van der Waals surface area contributed by atoms with Gasteiger partial charge in [0.15, 0.2) is 11.5 Å². The van der Waals surface area contributed by atoms with Crippen molar-refractivity contribution in [3.63, 3.8) is 0 Å². The van der Waals surface area contributed by atoms with Crippen molar-refractivity contribution in [1.29, 1.82) is 0 Å². The molecular formula is C21H26N2O5. The summed E-state index contributed by atoms with van der Waals surface area (Å²) in [6, 6.07) is 12.9. The molecule has 0 fully saturated rings. The second-order valence-corrected chi connectivity index (χ2v) is 6.03. The van der Waals surface area contributed by atoms with Crippen molar-refractivity contribution in [3.8, 4) is 17.2 Å². The molecule has 2 amide bonds. The number of methoxy groups -OCH3 is 3. The second-order valence-electron chi connectivity index (χ2n) is 6.03. The average molecular weight is 386 g/mol. The van der Waals surface area contributed by atoms with E-state index in [0.717, 1.165) is 5.56 Å². The van der Waals surface area contributed by atoms with Gasteiger partial charge in [-0.25, -0.2) is 0 Å². The van der Waals surface area contributed by atoms with Gasteiger partial charge >= 0.3 is 0 Å². The molecule has 28 heavy (non-hydrogen) atoms.